The van der Waals surface area contributed by atoms with Crippen molar-refractivity contribution < 1.29 is 19.4 Å². The van der Waals surface area contributed by atoms with Gasteiger partial charge in [0.15, 0.2) is 0 Å². The average molecular weight is 415 g/mol. The lowest BCUT2D eigenvalue weighted by atomic mass is 10.1. The number of alkyl carbamates (subject to hydrolysis) is 1. The van der Waals surface area contributed by atoms with E-state index in [-0.39, 0.29) is 25.1 Å². The molecule has 1 saturated heterocycles. The van der Waals surface area contributed by atoms with Crippen molar-refractivity contribution in [2.75, 3.05) is 18.8 Å². The van der Waals surface area contributed by atoms with Gasteiger partial charge >= 0.3 is 6.09 Å². The smallest absolute Gasteiger partial charge is 0.407 e. The molecule has 3 rings (SSSR count). The van der Waals surface area contributed by atoms with Crippen LogP contribution in [0.2, 0.25) is 0 Å². The molecular formula is C22H26N2O4S. The molecule has 0 spiro atoms. The van der Waals surface area contributed by atoms with Crippen LogP contribution in [0, 0.1) is 0 Å². The van der Waals surface area contributed by atoms with Crippen molar-refractivity contribution in [2.45, 2.75) is 36.5 Å². The first-order chi connectivity index (χ1) is 14.1. The van der Waals surface area contributed by atoms with Gasteiger partial charge in [0.25, 0.3) is 0 Å². The second-order valence-electron chi connectivity index (χ2n) is 6.90. The van der Waals surface area contributed by atoms with Gasteiger partial charge in [-0.2, -0.15) is 0 Å². The lowest BCUT2D eigenvalue weighted by Crippen LogP contribution is -2.47. The SMILES string of the molecule is O=C(NCC(=O)N1CCC[C@H]1C(O)CSc1ccccc1)OCc1ccccc1. The summed E-state index contributed by atoms with van der Waals surface area (Å²) in [7, 11) is 0. The highest BCUT2D eigenvalue weighted by atomic mass is 32.2. The number of rotatable bonds is 8. The first kappa shape index (κ1) is 21.2. The number of amides is 2. The summed E-state index contributed by atoms with van der Waals surface area (Å²) in [5, 5.41) is 13.1. The normalized spacial score (nSPS) is 17.0. The van der Waals surface area contributed by atoms with Gasteiger partial charge in [-0.1, -0.05) is 48.5 Å². The van der Waals surface area contributed by atoms with E-state index in [2.05, 4.69) is 5.32 Å². The molecule has 6 nitrogen and oxygen atoms in total. The molecule has 1 unspecified atom stereocenters. The van der Waals surface area contributed by atoms with Crippen LogP contribution in [0.25, 0.3) is 0 Å². The molecule has 2 amide bonds. The minimum Gasteiger partial charge on any atom is -0.445 e. The van der Waals surface area contributed by atoms with E-state index in [1.165, 1.54) is 0 Å². The lowest BCUT2D eigenvalue weighted by molar-refractivity contribution is -0.132. The summed E-state index contributed by atoms with van der Waals surface area (Å²) >= 11 is 1.57. The highest BCUT2D eigenvalue weighted by Gasteiger charge is 2.33. The van der Waals surface area contributed by atoms with Crippen LogP contribution in [-0.2, 0) is 16.1 Å². The number of benzene rings is 2. The third-order valence-electron chi connectivity index (χ3n) is 4.82. The van der Waals surface area contributed by atoms with E-state index in [1.807, 2.05) is 60.7 Å². The summed E-state index contributed by atoms with van der Waals surface area (Å²) in [6.45, 7) is 0.614. The second-order valence-corrected chi connectivity index (χ2v) is 8.00. The zero-order valence-corrected chi connectivity index (χ0v) is 17.0. The maximum Gasteiger partial charge on any atom is 0.407 e. The van der Waals surface area contributed by atoms with E-state index in [0.717, 1.165) is 23.3 Å². The third kappa shape index (κ3) is 6.51. The number of nitrogens with zero attached hydrogens (tertiary/aromatic N) is 1. The number of nitrogens with one attached hydrogen (secondary N) is 1. The molecule has 154 valence electrons. The Morgan fingerprint density at radius 3 is 2.55 bits per heavy atom. The van der Waals surface area contributed by atoms with E-state index in [9.17, 15) is 14.7 Å². The van der Waals surface area contributed by atoms with Gasteiger partial charge in [0.1, 0.15) is 13.2 Å². The summed E-state index contributed by atoms with van der Waals surface area (Å²) in [6, 6.07) is 19.0. The molecule has 0 aromatic heterocycles. The minimum absolute atomic E-state index is 0.136. The maximum absolute atomic E-state index is 12.6. The lowest BCUT2D eigenvalue weighted by Gasteiger charge is -2.28. The van der Waals surface area contributed by atoms with E-state index < -0.39 is 12.2 Å². The van der Waals surface area contributed by atoms with Crippen LogP contribution >= 0.6 is 11.8 Å². The van der Waals surface area contributed by atoms with Crippen LogP contribution in [0.5, 0.6) is 0 Å². The van der Waals surface area contributed by atoms with Crippen molar-refractivity contribution in [3.8, 4) is 0 Å². The Balaban J connectivity index is 1.42. The van der Waals surface area contributed by atoms with Crippen molar-refractivity contribution in [1.82, 2.24) is 10.2 Å². The number of hydrogen-bond donors (Lipinski definition) is 2. The summed E-state index contributed by atoms with van der Waals surface area (Å²) in [5.74, 6) is 0.318. The Kier molecular flexibility index (Phi) is 7.95. The van der Waals surface area contributed by atoms with Crippen LogP contribution in [-0.4, -0.2) is 53.0 Å². The van der Waals surface area contributed by atoms with Crippen LogP contribution in [0.3, 0.4) is 0 Å². The van der Waals surface area contributed by atoms with Crippen LogP contribution < -0.4 is 5.32 Å². The molecule has 1 aliphatic heterocycles. The molecule has 7 heteroatoms. The summed E-state index contributed by atoms with van der Waals surface area (Å²) in [6.07, 6.45) is 0.373. The fraction of sp³-hybridized carbons (Fsp3) is 0.364. The Hall–Kier alpha value is -2.51. The molecule has 2 atom stereocenters. The maximum atomic E-state index is 12.6. The van der Waals surface area contributed by atoms with E-state index in [1.54, 1.807) is 16.7 Å². The zero-order valence-electron chi connectivity index (χ0n) is 16.2. The first-order valence-corrected chi connectivity index (χ1v) is 10.7. The number of aliphatic hydroxyl groups is 1. The van der Waals surface area contributed by atoms with E-state index in [0.29, 0.717) is 12.3 Å². The Labute approximate surface area is 175 Å². The predicted octanol–water partition coefficient (Wildman–Crippen LogP) is 3.06. The minimum atomic E-state index is -0.627. The molecule has 1 fully saturated rings. The standard InChI is InChI=1S/C22H26N2O4S/c25-20(16-29-18-10-5-2-6-11-18)19-12-7-13-24(19)21(26)14-23-22(27)28-15-17-8-3-1-4-9-17/h1-6,8-11,19-20,25H,7,12-16H2,(H,23,27)/t19-,20?/m0/s1. The third-order valence-corrected chi connectivity index (χ3v) is 5.94. The Bertz CT molecular complexity index is 788. The van der Waals surface area contributed by atoms with Gasteiger partial charge in [-0.05, 0) is 30.5 Å². The molecule has 2 N–H and O–H groups in total. The molecule has 0 radical (unpaired) electrons. The number of hydrogen-bond acceptors (Lipinski definition) is 5. The quantitative estimate of drug-likeness (QED) is 0.649. The molecule has 0 aliphatic carbocycles. The second kappa shape index (κ2) is 10.9. The van der Waals surface area contributed by atoms with Gasteiger partial charge in [0, 0.05) is 17.2 Å². The number of carbonyl (C=O) groups is 2. The number of aliphatic hydroxyl groups excluding tert-OH is 1. The number of carbonyl (C=O) groups excluding carboxylic acids is 2. The monoisotopic (exact) mass is 414 g/mol. The summed E-state index contributed by atoms with van der Waals surface area (Å²) in [5.41, 5.74) is 0.882. The Morgan fingerprint density at radius 2 is 1.83 bits per heavy atom. The molecule has 2 aromatic carbocycles. The molecule has 2 aromatic rings. The zero-order chi connectivity index (χ0) is 20.5. The van der Waals surface area contributed by atoms with Crippen molar-refractivity contribution in [2.24, 2.45) is 0 Å². The van der Waals surface area contributed by atoms with Gasteiger partial charge in [-0.25, -0.2) is 4.79 Å². The molecule has 0 bridgehead atoms. The van der Waals surface area contributed by atoms with Gasteiger partial charge in [-0.15, -0.1) is 11.8 Å². The van der Waals surface area contributed by atoms with Crippen molar-refractivity contribution in [3.05, 3.63) is 66.2 Å². The van der Waals surface area contributed by atoms with Gasteiger partial charge in [0.2, 0.25) is 5.91 Å². The fourth-order valence-corrected chi connectivity index (χ4v) is 4.27. The first-order valence-electron chi connectivity index (χ1n) is 9.73. The van der Waals surface area contributed by atoms with E-state index in [4.69, 9.17) is 4.74 Å². The molecular weight excluding hydrogens is 388 g/mol. The molecule has 1 heterocycles. The Morgan fingerprint density at radius 1 is 1.14 bits per heavy atom. The van der Waals surface area contributed by atoms with Crippen LogP contribution in [0.15, 0.2) is 65.6 Å². The van der Waals surface area contributed by atoms with Gasteiger partial charge in [0.05, 0.1) is 12.1 Å². The van der Waals surface area contributed by atoms with Crippen molar-refractivity contribution in [1.29, 1.82) is 0 Å². The number of ether oxygens (including phenoxy) is 1. The van der Waals surface area contributed by atoms with Crippen molar-refractivity contribution in [3.63, 3.8) is 0 Å². The van der Waals surface area contributed by atoms with Crippen molar-refractivity contribution >= 4 is 23.8 Å². The fourth-order valence-electron chi connectivity index (χ4n) is 3.34. The molecule has 29 heavy (non-hydrogen) atoms. The van der Waals surface area contributed by atoms with Gasteiger partial charge < -0.3 is 20.1 Å². The number of thioether (sulfide) groups is 1. The highest BCUT2D eigenvalue weighted by Crippen LogP contribution is 2.25. The van der Waals surface area contributed by atoms with E-state index >= 15 is 0 Å². The topological polar surface area (TPSA) is 78.9 Å². The predicted molar refractivity (Wildman–Crippen MR) is 113 cm³/mol. The highest BCUT2D eigenvalue weighted by molar-refractivity contribution is 7.99. The summed E-state index contributed by atoms with van der Waals surface area (Å²) in [4.78, 5) is 27.2. The largest absolute Gasteiger partial charge is 0.445 e. The van der Waals surface area contributed by atoms with Gasteiger partial charge in [-0.3, -0.25) is 4.79 Å². The van der Waals surface area contributed by atoms with Crippen LogP contribution in [0.1, 0.15) is 18.4 Å². The molecule has 0 saturated carbocycles. The summed E-state index contributed by atoms with van der Waals surface area (Å²) < 4.78 is 5.13. The molecule has 1 aliphatic rings. The number of likely N-dealkylation sites (tertiary alicyclic amines) is 1. The average Bonchev–Trinajstić information content (AvgIpc) is 3.26. The van der Waals surface area contributed by atoms with Crippen LogP contribution in [0.4, 0.5) is 4.79 Å².